The van der Waals surface area contributed by atoms with Crippen molar-refractivity contribution in [3.05, 3.63) is 11.1 Å². The normalized spacial score (nSPS) is 22.5. The summed E-state index contributed by atoms with van der Waals surface area (Å²) in [5.41, 5.74) is 0.947. The van der Waals surface area contributed by atoms with E-state index in [2.05, 4.69) is 20.5 Å². The third-order valence-electron chi connectivity index (χ3n) is 3.81. The van der Waals surface area contributed by atoms with E-state index in [9.17, 15) is 4.79 Å². The molecular weight excluding hydrogens is 288 g/mol. The van der Waals surface area contributed by atoms with E-state index < -0.39 is 0 Å². The van der Waals surface area contributed by atoms with Gasteiger partial charge in [0.15, 0.2) is 5.13 Å². The SMILES string of the molecule is O=C(C[C@@H]1COCCN1)NCc1csc(N2CCCC2)n1. The van der Waals surface area contributed by atoms with E-state index in [-0.39, 0.29) is 11.9 Å². The van der Waals surface area contributed by atoms with Gasteiger partial charge in [0.05, 0.1) is 25.5 Å². The lowest BCUT2D eigenvalue weighted by molar-refractivity contribution is -0.122. The van der Waals surface area contributed by atoms with Gasteiger partial charge < -0.3 is 20.3 Å². The highest BCUT2D eigenvalue weighted by Gasteiger charge is 2.18. The lowest BCUT2D eigenvalue weighted by Crippen LogP contribution is -2.44. The number of carbonyl (C=O) groups excluding carboxylic acids is 1. The molecule has 2 aliphatic heterocycles. The second-order valence-electron chi connectivity index (χ2n) is 5.52. The number of morpholine rings is 1. The van der Waals surface area contributed by atoms with Gasteiger partial charge in [0.25, 0.3) is 0 Å². The van der Waals surface area contributed by atoms with Crippen LogP contribution < -0.4 is 15.5 Å². The molecule has 1 aromatic heterocycles. The maximum Gasteiger partial charge on any atom is 0.221 e. The van der Waals surface area contributed by atoms with E-state index >= 15 is 0 Å². The van der Waals surface area contributed by atoms with Gasteiger partial charge in [-0.15, -0.1) is 11.3 Å². The number of carbonyl (C=O) groups is 1. The van der Waals surface area contributed by atoms with Gasteiger partial charge in [0, 0.05) is 37.5 Å². The maximum atomic E-state index is 11.9. The number of ether oxygens (including phenoxy) is 1. The van der Waals surface area contributed by atoms with Crippen molar-refractivity contribution in [1.29, 1.82) is 0 Å². The molecule has 3 heterocycles. The fourth-order valence-electron chi connectivity index (χ4n) is 2.67. The van der Waals surface area contributed by atoms with E-state index in [4.69, 9.17) is 4.74 Å². The molecule has 6 nitrogen and oxygen atoms in total. The van der Waals surface area contributed by atoms with Crippen molar-refractivity contribution in [2.75, 3.05) is 37.7 Å². The van der Waals surface area contributed by atoms with Crippen molar-refractivity contribution in [1.82, 2.24) is 15.6 Å². The summed E-state index contributed by atoms with van der Waals surface area (Å²) in [6.45, 7) is 4.89. The van der Waals surface area contributed by atoms with E-state index in [1.54, 1.807) is 11.3 Å². The molecule has 0 spiro atoms. The van der Waals surface area contributed by atoms with Crippen LogP contribution in [0.15, 0.2) is 5.38 Å². The topological polar surface area (TPSA) is 66.5 Å². The van der Waals surface area contributed by atoms with Crippen molar-refractivity contribution >= 4 is 22.4 Å². The number of nitrogens with zero attached hydrogens (tertiary/aromatic N) is 2. The smallest absolute Gasteiger partial charge is 0.221 e. The number of thiazole rings is 1. The van der Waals surface area contributed by atoms with Crippen LogP contribution in [0.3, 0.4) is 0 Å². The quantitative estimate of drug-likeness (QED) is 0.840. The van der Waals surface area contributed by atoms with Crippen molar-refractivity contribution in [3.8, 4) is 0 Å². The van der Waals surface area contributed by atoms with Crippen LogP contribution in [0, 0.1) is 0 Å². The summed E-state index contributed by atoms with van der Waals surface area (Å²) in [4.78, 5) is 18.8. The van der Waals surface area contributed by atoms with Gasteiger partial charge in [0.2, 0.25) is 5.91 Å². The van der Waals surface area contributed by atoms with Crippen LogP contribution in [0.1, 0.15) is 25.0 Å². The summed E-state index contributed by atoms with van der Waals surface area (Å²) in [6.07, 6.45) is 2.97. The molecule has 116 valence electrons. The van der Waals surface area contributed by atoms with E-state index in [1.807, 2.05) is 5.38 Å². The Morgan fingerprint density at radius 3 is 3.14 bits per heavy atom. The Hall–Kier alpha value is -1.18. The zero-order chi connectivity index (χ0) is 14.5. The Labute approximate surface area is 128 Å². The van der Waals surface area contributed by atoms with E-state index in [0.29, 0.717) is 19.6 Å². The minimum Gasteiger partial charge on any atom is -0.378 e. The van der Waals surface area contributed by atoms with Crippen LogP contribution in [0.4, 0.5) is 5.13 Å². The highest BCUT2D eigenvalue weighted by molar-refractivity contribution is 7.13. The Balaban J connectivity index is 1.42. The maximum absolute atomic E-state index is 11.9. The minimum atomic E-state index is 0.0497. The monoisotopic (exact) mass is 310 g/mol. The molecule has 0 radical (unpaired) electrons. The molecule has 1 atom stereocenters. The lowest BCUT2D eigenvalue weighted by atomic mass is 10.2. The number of amides is 1. The van der Waals surface area contributed by atoms with Gasteiger partial charge in [-0.3, -0.25) is 4.79 Å². The molecule has 1 aromatic rings. The van der Waals surface area contributed by atoms with Crippen molar-refractivity contribution in [2.45, 2.75) is 31.8 Å². The van der Waals surface area contributed by atoms with E-state index in [1.165, 1.54) is 12.8 Å². The van der Waals surface area contributed by atoms with Crippen molar-refractivity contribution in [2.24, 2.45) is 0 Å². The first-order valence-electron chi connectivity index (χ1n) is 7.58. The molecule has 2 saturated heterocycles. The molecular formula is C14H22N4O2S. The van der Waals surface area contributed by atoms with Crippen LogP contribution in [0.25, 0.3) is 0 Å². The molecule has 1 amide bonds. The predicted molar refractivity (Wildman–Crippen MR) is 82.6 cm³/mol. The van der Waals surface area contributed by atoms with E-state index in [0.717, 1.165) is 37.1 Å². The average Bonchev–Trinajstić information content (AvgIpc) is 3.17. The van der Waals surface area contributed by atoms with Gasteiger partial charge in [-0.05, 0) is 12.8 Å². The van der Waals surface area contributed by atoms with Crippen LogP contribution in [0.2, 0.25) is 0 Å². The highest BCUT2D eigenvalue weighted by Crippen LogP contribution is 2.24. The fourth-order valence-corrected chi connectivity index (χ4v) is 3.55. The van der Waals surface area contributed by atoms with Crippen LogP contribution in [-0.4, -0.2) is 49.8 Å². The molecule has 21 heavy (non-hydrogen) atoms. The summed E-state index contributed by atoms with van der Waals surface area (Å²) < 4.78 is 5.35. The van der Waals surface area contributed by atoms with Gasteiger partial charge in [0.1, 0.15) is 0 Å². The Morgan fingerprint density at radius 1 is 1.52 bits per heavy atom. The zero-order valence-electron chi connectivity index (χ0n) is 12.1. The van der Waals surface area contributed by atoms with Gasteiger partial charge in [-0.1, -0.05) is 0 Å². The van der Waals surface area contributed by atoms with Crippen molar-refractivity contribution < 1.29 is 9.53 Å². The number of hydrogen-bond acceptors (Lipinski definition) is 6. The van der Waals surface area contributed by atoms with Gasteiger partial charge in [-0.2, -0.15) is 0 Å². The molecule has 0 saturated carbocycles. The zero-order valence-corrected chi connectivity index (χ0v) is 13.0. The summed E-state index contributed by atoms with van der Waals surface area (Å²) in [7, 11) is 0. The molecule has 2 fully saturated rings. The number of hydrogen-bond donors (Lipinski definition) is 2. The van der Waals surface area contributed by atoms with Crippen LogP contribution >= 0.6 is 11.3 Å². The number of nitrogens with one attached hydrogen (secondary N) is 2. The number of anilines is 1. The second-order valence-corrected chi connectivity index (χ2v) is 6.36. The fraction of sp³-hybridized carbons (Fsp3) is 0.714. The Kier molecular flexibility index (Phi) is 5.05. The van der Waals surface area contributed by atoms with Gasteiger partial charge in [-0.25, -0.2) is 4.98 Å². The highest BCUT2D eigenvalue weighted by atomic mass is 32.1. The third kappa shape index (κ3) is 4.15. The number of rotatable bonds is 5. The summed E-state index contributed by atoms with van der Waals surface area (Å²) in [6, 6.07) is 0.134. The molecule has 0 aromatic carbocycles. The number of aromatic nitrogens is 1. The molecule has 7 heteroatoms. The minimum absolute atomic E-state index is 0.0497. The lowest BCUT2D eigenvalue weighted by Gasteiger charge is -2.23. The van der Waals surface area contributed by atoms with Crippen LogP contribution in [-0.2, 0) is 16.1 Å². The molecule has 3 rings (SSSR count). The first-order chi connectivity index (χ1) is 10.3. The second kappa shape index (κ2) is 7.20. The van der Waals surface area contributed by atoms with Crippen LogP contribution in [0.5, 0.6) is 0 Å². The Bertz CT molecular complexity index is 467. The summed E-state index contributed by atoms with van der Waals surface area (Å²) >= 11 is 1.67. The first-order valence-corrected chi connectivity index (χ1v) is 8.46. The molecule has 2 N–H and O–H groups in total. The molecule has 2 aliphatic rings. The van der Waals surface area contributed by atoms with Crippen molar-refractivity contribution in [3.63, 3.8) is 0 Å². The predicted octanol–water partition coefficient (Wildman–Crippen LogP) is 0.738. The third-order valence-corrected chi connectivity index (χ3v) is 4.76. The molecule has 0 bridgehead atoms. The standard InChI is InChI=1S/C14H22N4O2S/c19-13(7-11-9-20-6-3-15-11)16-8-12-10-21-14(17-12)18-4-1-2-5-18/h10-11,15H,1-9H2,(H,16,19)/t11-/m1/s1. The summed E-state index contributed by atoms with van der Waals surface area (Å²) in [5.74, 6) is 0.0497. The largest absolute Gasteiger partial charge is 0.378 e. The Morgan fingerprint density at radius 2 is 2.38 bits per heavy atom. The summed E-state index contributed by atoms with van der Waals surface area (Å²) in [5, 5.41) is 9.34. The van der Waals surface area contributed by atoms with Gasteiger partial charge >= 0.3 is 0 Å². The molecule has 0 unspecified atom stereocenters. The first kappa shape index (κ1) is 14.7. The average molecular weight is 310 g/mol. The molecule has 0 aliphatic carbocycles.